The molecule has 1 saturated heterocycles. The molecule has 2 heterocycles. The van der Waals surface area contributed by atoms with E-state index >= 15 is 0 Å². The van der Waals surface area contributed by atoms with Crippen LogP contribution < -0.4 is 0 Å². The molecule has 0 radical (unpaired) electrons. The molecule has 1 amide bonds. The minimum absolute atomic E-state index is 0.0262. The summed E-state index contributed by atoms with van der Waals surface area (Å²) in [5.74, 6) is 0.279. The van der Waals surface area contributed by atoms with Gasteiger partial charge in [-0.3, -0.25) is 9.59 Å². The van der Waals surface area contributed by atoms with Crippen LogP contribution in [-0.2, 0) is 11.8 Å². The van der Waals surface area contributed by atoms with E-state index < -0.39 is 0 Å². The van der Waals surface area contributed by atoms with Crippen molar-refractivity contribution in [2.75, 3.05) is 13.1 Å². The normalized spacial score (nSPS) is 16.1. The third-order valence-electron chi connectivity index (χ3n) is 3.74. The Balaban J connectivity index is 1.87. The quantitative estimate of drug-likeness (QED) is 0.783. The lowest BCUT2D eigenvalue weighted by atomic mass is 10.1. The molecule has 0 saturated carbocycles. The van der Waals surface area contributed by atoms with Gasteiger partial charge in [-0.15, -0.1) is 0 Å². The molecule has 1 aromatic heterocycles. The number of carbonyl (C=O) groups excluding carboxylic acids is 2. The molecule has 4 nitrogen and oxygen atoms in total. The van der Waals surface area contributed by atoms with E-state index in [1.54, 1.807) is 4.90 Å². The number of piperidine rings is 1. The van der Waals surface area contributed by atoms with Gasteiger partial charge in [0.2, 0.25) is 0 Å². The smallest absolute Gasteiger partial charge is 0.253 e. The number of rotatable bonds is 1. The SMILES string of the molecule is Cn1ccc2cc(C(=O)N3CCC(=O)CC3)ccc21. The van der Waals surface area contributed by atoms with E-state index in [2.05, 4.69) is 0 Å². The first-order valence-electron chi connectivity index (χ1n) is 6.51. The fraction of sp³-hybridized carbons (Fsp3) is 0.333. The number of aryl methyl sites for hydroxylation is 1. The third-order valence-corrected chi connectivity index (χ3v) is 3.74. The Hall–Kier alpha value is -2.10. The molecule has 0 spiro atoms. The fourth-order valence-corrected chi connectivity index (χ4v) is 2.56. The number of carbonyl (C=O) groups is 2. The molecule has 1 fully saturated rings. The van der Waals surface area contributed by atoms with Crippen LogP contribution in [0.4, 0.5) is 0 Å². The predicted molar refractivity (Wildman–Crippen MR) is 73.1 cm³/mol. The first-order chi connectivity index (χ1) is 9.15. The van der Waals surface area contributed by atoms with Crippen molar-refractivity contribution in [1.82, 2.24) is 9.47 Å². The van der Waals surface area contributed by atoms with Crippen molar-refractivity contribution >= 4 is 22.6 Å². The number of hydrogen-bond donors (Lipinski definition) is 0. The average molecular weight is 256 g/mol. The lowest BCUT2D eigenvalue weighted by Gasteiger charge is -2.26. The largest absolute Gasteiger partial charge is 0.351 e. The summed E-state index contributed by atoms with van der Waals surface area (Å²) >= 11 is 0. The summed E-state index contributed by atoms with van der Waals surface area (Å²) < 4.78 is 2.03. The highest BCUT2D eigenvalue weighted by atomic mass is 16.2. The second-order valence-electron chi connectivity index (χ2n) is 5.03. The van der Waals surface area contributed by atoms with E-state index in [1.165, 1.54) is 0 Å². The Morgan fingerprint density at radius 2 is 1.89 bits per heavy atom. The molecule has 3 rings (SSSR count). The summed E-state index contributed by atoms with van der Waals surface area (Å²) in [6.45, 7) is 1.09. The highest BCUT2D eigenvalue weighted by Gasteiger charge is 2.21. The van der Waals surface area contributed by atoms with Crippen LogP contribution in [0.15, 0.2) is 30.5 Å². The van der Waals surface area contributed by atoms with Crippen LogP contribution in [0.2, 0.25) is 0 Å². The maximum absolute atomic E-state index is 12.4. The predicted octanol–water partition coefficient (Wildman–Crippen LogP) is 1.98. The van der Waals surface area contributed by atoms with E-state index in [1.807, 2.05) is 42.1 Å². The summed E-state index contributed by atoms with van der Waals surface area (Å²) in [5.41, 5.74) is 1.82. The third kappa shape index (κ3) is 2.14. The summed E-state index contributed by atoms with van der Waals surface area (Å²) in [4.78, 5) is 25.3. The van der Waals surface area contributed by atoms with E-state index in [0.29, 0.717) is 31.5 Å². The molecule has 98 valence electrons. The Morgan fingerprint density at radius 3 is 2.63 bits per heavy atom. The Kier molecular flexibility index (Phi) is 2.85. The van der Waals surface area contributed by atoms with Crippen LogP contribution in [0, 0.1) is 0 Å². The zero-order chi connectivity index (χ0) is 13.4. The van der Waals surface area contributed by atoms with Crippen molar-refractivity contribution in [3.63, 3.8) is 0 Å². The zero-order valence-electron chi connectivity index (χ0n) is 10.9. The molecule has 4 heteroatoms. The number of amides is 1. The zero-order valence-corrected chi connectivity index (χ0v) is 10.9. The molecule has 1 aromatic carbocycles. The topological polar surface area (TPSA) is 42.3 Å². The van der Waals surface area contributed by atoms with E-state index in [4.69, 9.17) is 0 Å². The second kappa shape index (κ2) is 4.53. The second-order valence-corrected chi connectivity index (χ2v) is 5.03. The average Bonchev–Trinajstić information content (AvgIpc) is 2.80. The van der Waals surface area contributed by atoms with Crippen molar-refractivity contribution in [2.45, 2.75) is 12.8 Å². The minimum atomic E-state index is 0.0262. The van der Waals surface area contributed by atoms with E-state index in [0.717, 1.165) is 10.9 Å². The molecular weight excluding hydrogens is 240 g/mol. The van der Waals surface area contributed by atoms with Gasteiger partial charge in [-0.05, 0) is 24.3 Å². The standard InChI is InChI=1S/C15H16N2O2/c1-16-7-4-11-10-12(2-3-14(11)16)15(19)17-8-5-13(18)6-9-17/h2-4,7,10H,5-6,8-9H2,1H3. The Bertz CT molecular complexity index is 647. The van der Waals surface area contributed by atoms with Crippen molar-refractivity contribution in [3.05, 3.63) is 36.0 Å². The van der Waals surface area contributed by atoms with Gasteiger partial charge in [-0.2, -0.15) is 0 Å². The van der Waals surface area contributed by atoms with Crippen molar-refractivity contribution < 1.29 is 9.59 Å². The van der Waals surface area contributed by atoms with Gasteiger partial charge in [0.25, 0.3) is 5.91 Å². The molecule has 0 N–H and O–H groups in total. The number of hydrogen-bond acceptors (Lipinski definition) is 2. The fourth-order valence-electron chi connectivity index (χ4n) is 2.56. The van der Waals surface area contributed by atoms with Crippen LogP contribution in [0.5, 0.6) is 0 Å². The maximum atomic E-state index is 12.4. The molecule has 0 unspecified atom stereocenters. The first kappa shape index (κ1) is 12.0. The van der Waals surface area contributed by atoms with Gasteiger partial charge in [-0.25, -0.2) is 0 Å². The van der Waals surface area contributed by atoms with Crippen molar-refractivity contribution in [3.8, 4) is 0 Å². The number of fused-ring (bicyclic) bond motifs is 1. The van der Waals surface area contributed by atoms with E-state index in [-0.39, 0.29) is 11.7 Å². The van der Waals surface area contributed by atoms with E-state index in [9.17, 15) is 9.59 Å². The molecule has 19 heavy (non-hydrogen) atoms. The monoisotopic (exact) mass is 256 g/mol. The maximum Gasteiger partial charge on any atom is 0.253 e. The number of benzene rings is 1. The molecule has 1 aliphatic rings. The van der Waals surface area contributed by atoms with Gasteiger partial charge in [0.05, 0.1) is 0 Å². The first-order valence-corrected chi connectivity index (χ1v) is 6.51. The minimum Gasteiger partial charge on any atom is -0.351 e. The number of likely N-dealkylation sites (tertiary alicyclic amines) is 1. The number of Topliss-reactive ketones (excluding diaryl/α,β-unsaturated/α-hetero) is 1. The Labute approximate surface area is 111 Å². The Morgan fingerprint density at radius 1 is 1.16 bits per heavy atom. The summed E-state index contributed by atoms with van der Waals surface area (Å²) in [5, 5.41) is 1.07. The molecule has 1 aliphatic heterocycles. The summed E-state index contributed by atoms with van der Waals surface area (Å²) in [7, 11) is 1.99. The van der Waals surface area contributed by atoms with Crippen LogP contribution in [0.3, 0.4) is 0 Å². The number of aromatic nitrogens is 1. The summed E-state index contributed by atoms with van der Waals surface area (Å²) in [6.07, 6.45) is 2.96. The molecule has 0 atom stereocenters. The number of ketones is 1. The molecule has 2 aromatic rings. The van der Waals surface area contributed by atoms with Crippen LogP contribution in [0.1, 0.15) is 23.2 Å². The lowest BCUT2D eigenvalue weighted by Crippen LogP contribution is -2.38. The van der Waals surface area contributed by atoms with Crippen LogP contribution in [-0.4, -0.2) is 34.2 Å². The van der Waals surface area contributed by atoms with Gasteiger partial charge < -0.3 is 9.47 Å². The molecule has 0 aliphatic carbocycles. The van der Waals surface area contributed by atoms with Gasteiger partial charge in [0.1, 0.15) is 5.78 Å². The van der Waals surface area contributed by atoms with Gasteiger partial charge in [-0.1, -0.05) is 0 Å². The van der Waals surface area contributed by atoms with Gasteiger partial charge in [0.15, 0.2) is 0 Å². The highest BCUT2D eigenvalue weighted by molar-refractivity contribution is 5.99. The van der Waals surface area contributed by atoms with Gasteiger partial charge in [0, 0.05) is 55.6 Å². The van der Waals surface area contributed by atoms with Crippen molar-refractivity contribution in [1.29, 1.82) is 0 Å². The van der Waals surface area contributed by atoms with Gasteiger partial charge >= 0.3 is 0 Å². The lowest BCUT2D eigenvalue weighted by molar-refractivity contribution is -0.120. The van der Waals surface area contributed by atoms with Crippen LogP contribution >= 0.6 is 0 Å². The number of nitrogens with zero attached hydrogens (tertiary/aromatic N) is 2. The van der Waals surface area contributed by atoms with Crippen LogP contribution in [0.25, 0.3) is 10.9 Å². The molecular formula is C15H16N2O2. The summed E-state index contributed by atoms with van der Waals surface area (Å²) in [6, 6.07) is 7.76. The highest BCUT2D eigenvalue weighted by Crippen LogP contribution is 2.19. The molecule has 0 bridgehead atoms. The van der Waals surface area contributed by atoms with Crippen molar-refractivity contribution in [2.24, 2.45) is 7.05 Å².